The topological polar surface area (TPSA) is 66.5 Å². The summed E-state index contributed by atoms with van der Waals surface area (Å²) in [4.78, 5) is 16.1. The maximum absolute atomic E-state index is 13.2. The molecule has 7 heteroatoms. The van der Waals surface area contributed by atoms with Gasteiger partial charge >= 0.3 is 0 Å². The molecule has 1 N–H and O–H groups in total. The van der Waals surface area contributed by atoms with Crippen LogP contribution in [0.1, 0.15) is 53.8 Å². The molecule has 0 atom stereocenters. The van der Waals surface area contributed by atoms with Gasteiger partial charge in [-0.2, -0.15) is 0 Å². The molecule has 0 saturated heterocycles. The van der Waals surface area contributed by atoms with E-state index >= 15 is 0 Å². The van der Waals surface area contributed by atoms with Crippen molar-refractivity contribution in [3.63, 3.8) is 0 Å². The van der Waals surface area contributed by atoms with Gasteiger partial charge < -0.3 is 4.90 Å². The van der Waals surface area contributed by atoms with Crippen molar-refractivity contribution in [2.75, 3.05) is 13.6 Å². The fraction of sp³-hybridized carbons (Fsp3) is 0.542. The van der Waals surface area contributed by atoms with Gasteiger partial charge in [0.2, 0.25) is 10.0 Å². The molecule has 5 nitrogen and oxygen atoms in total. The minimum absolute atomic E-state index is 0.0916. The molecule has 31 heavy (non-hydrogen) atoms. The lowest BCUT2D eigenvalue weighted by Gasteiger charge is -2.57. The maximum Gasteiger partial charge on any atom is 0.253 e. The van der Waals surface area contributed by atoms with Crippen LogP contribution in [-0.4, -0.2) is 32.8 Å². The summed E-state index contributed by atoms with van der Waals surface area (Å²) in [6.07, 6.45) is 7.90. The van der Waals surface area contributed by atoms with Crippen molar-refractivity contribution >= 4 is 27.3 Å². The van der Waals surface area contributed by atoms with Crippen LogP contribution < -0.4 is 4.72 Å². The number of carbonyl (C=O) groups is 1. The molecule has 0 aliphatic heterocycles. The van der Waals surface area contributed by atoms with Crippen LogP contribution in [0.3, 0.4) is 0 Å². The fourth-order valence-electron chi connectivity index (χ4n) is 6.74. The van der Waals surface area contributed by atoms with Crippen molar-refractivity contribution in [1.82, 2.24) is 9.62 Å². The highest BCUT2D eigenvalue weighted by Crippen LogP contribution is 2.60. The average molecular weight is 459 g/mol. The zero-order valence-electron chi connectivity index (χ0n) is 17.9. The quantitative estimate of drug-likeness (QED) is 0.664. The minimum atomic E-state index is -3.68. The van der Waals surface area contributed by atoms with Gasteiger partial charge in [0, 0.05) is 30.6 Å². The number of sulfonamides is 1. The second-order valence-corrected chi connectivity index (χ2v) is 12.8. The number of hydrogen-bond acceptors (Lipinski definition) is 4. The van der Waals surface area contributed by atoms with Crippen molar-refractivity contribution in [2.45, 2.75) is 50.0 Å². The summed E-state index contributed by atoms with van der Waals surface area (Å²) in [7, 11) is -1.80. The summed E-state index contributed by atoms with van der Waals surface area (Å²) >= 11 is 1.51. The van der Waals surface area contributed by atoms with E-state index < -0.39 is 10.0 Å². The van der Waals surface area contributed by atoms with Crippen LogP contribution in [0.25, 0.3) is 0 Å². The second kappa shape index (κ2) is 8.01. The molecule has 166 valence electrons. The van der Waals surface area contributed by atoms with Crippen LogP contribution in [0.5, 0.6) is 0 Å². The van der Waals surface area contributed by atoms with E-state index in [0.717, 1.165) is 29.2 Å². The van der Waals surface area contributed by atoms with Gasteiger partial charge in [-0.1, -0.05) is 12.1 Å². The molecule has 6 rings (SSSR count). The first-order chi connectivity index (χ1) is 14.8. The monoisotopic (exact) mass is 458 g/mol. The molecule has 1 amide bonds. The predicted molar refractivity (Wildman–Crippen MR) is 122 cm³/mol. The van der Waals surface area contributed by atoms with Crippen LogP contribution >= 0.6 is 11.3 Å². The molecule has 4 aliphatic rings. The Bertz CT molecular complexity index is 1030. The first-order valence-electron chi connectivity index (χ1n) is 11.2. The summed E-state index contributed by atoms with van der Waals surface area (Å²) in [5.41, 5.74) is 0.705. The zero-order valence-corrected chi connectivity index (χ0v) is 19.6. The SMILES string of the molecule is CN(CC12CC3CC(CC(C3)C1)C2)C(=O)c1cccc(S(=O)(=O)NCc2cccs2)c1. The number of nitrogens with one attached hydrogen (secondary N) is 1. The number of carbonyl (C=O) groups excluding carboxylic acids is 1. The van der Waals surface area contributed by atoms with Crippen LogP contribution in [0, 0.1) is 23.2 Å². The van der Waals surface area contributed by atoms with Crippen molar-refractivity contribution < 1.29 is 13.2 Å². The Balaban J connectivity index is 1.28. The fourth-order valence-corrected chi connectivity index (χ4v) is 8.53. The van der Waals surface area contributed by atoms with E-state index in [1.54, 1.807) is 18.2 Å². The molecule has 0 radical (unpaired) electrons. The van der Waals surface area contributed by atoms with E-state index in [1.165, 1.54) is 55.9 Å². The number of rotatable bonds is 7. The average Bonchev–Trinajstić information content (AvgIpc) is 3.24. The summed E-state index contributed by atoms with van der Waals surface area (Å²) < 4.78 is 28.1. The van der Waals surface area contributed by atoms with Gasteiger partial charge in [0.1, 0.15) is 0 Å². The van der Waals surface area contributed by atoms with Crippen LogP contribution in [-0.2, 0) is 16.6 Å². The van der Waals surface area contributed by atoms with Gasteiger partial charge in [-0.05, 0) is 91.3 Å². The van der Waals surface area contributed by atoms with Gasteiger partial charge in [-0.15, -0.1) is 11.3 Å². The number of benzene rings is 1. The van der Waals surface area contributed by atoms with Gasteiger partial charge in [-0.3, -0.25) is 4.79 Å². The number of thiophene rings is 1. The molecular weight excluding hydrogens is 428 g/mol. The Labute approximate surface area is 188 Å². The third-order valence-electron chi connectivity index (χ3n) is 7.49. The van der Waals surface area contributed by atoms with E-state index in [0.29, 0.717) is 5.56 Å². The number of nitrogens with zero attached hydrogens (tertiary/aromatic N) is 1. The highest BCUT2D eigenvalue weighted by Gasteiger charge is 2.51. The lowest BCUT2D eigenvalue weighted by atomic mass is 9.49. The molecule has 4 fully saturated rings. The first-order valence-corrected chi connectivity index (χ1v) is 13.6. The minimum Gasteiger partial charge on any atom is -0.341 e. The number of amides is 1. The Morgan fingerprint density at radius 1 is 1.10 bits per heavy atom. The van der Waals surface area contributed by atoms with Crippen molar-refractivity contribution in [1.29, 1.82) is 0 Å². The van der Waals surface area contributed by atoms with Crippen LogP contribution in [0.2, 0.25) is 0 Å². The first kappa shape index (κ1) is 21.2. The Morgan fingerprint density at radius 3 is 2.39 bits per heavy atom. The molecule has 0 spiro atoms. The standard InChI is InChI=1S/C24H30N2O3S2/c1-26(16-24-12-17-8-18(13-24)10-19(9-17)14-24)23(27)20-4-2-6-22(11-20)31(28,29)25-15-21-5-3-7-30-21/h2-7,11,17-19,25H,8-10,12-16H2,1H3. The predicted octanol–water partition coefficient (Wildman–Crippen LogP) is 4.52. The molecule has 4 saturated carbocycles. The molecule has 1 heterocycles. The van der Waals surface area contributed by atoms with Crippen molar-refractivity contribution in [3.8, 4) is 0 Å². The smallest absolute Gasteiger partial charge is 0.253 e. The van der Waals surface area contributed by atoms with Gasteiger partial charge in [0.25, 0.3) is 5.91 Å². The second-order valence-electron chi connectivity index (χ2n) is 10.0. The van der Waals surface area contributed by atoms with E-state index in [1.807, 2.05) is 29.5 Å². The zero-order chi connectivity index (χ0) is 21.6. The summed E-state index contributed by atoms with van der Waals surface area (Å²) in [6, 6.07) is 10.2. The van der Waals surface area contributed by atoms with E-state index in [-0.39, 0.29) is 22.8 Å². The Hall–Kier alpha value is -1.70. The molecule has 1 aromatic carbocycles. The third kappa shape index (κ3) is 4.32. The summed E-state index contributed by atoms with van der Waals surface area (Å²) in [5, 5.41) is 1.92. The van der Waals surface area contributed by atoms with Gasteiger partial charge in [0.15, 0.2) is 0 Å². The lowest BCUT2D eigenvalue weighted by molar-refractivity contribution is -0.0629. The highest BCUT2D eigenvalue weighted by molar-refractivity contribution is 7.89. The van der Waals surface area contributed by atoms with Gasteiger partial charge in [-0.25, -0.2) is 13.1 Å². The lowest BCUT2D eigenvalue weighted by Crippen LogP contribution is -2.51. The molecular formula is C24H30N2O3S2. The molecule has 0 unspecified atom stereocenters. The van der Waals surface area contributed by atoms with Gasteiger partial charge in [0.05, 0.1) is 4.90 Å². The Kier molecular flexibility index (Phi) is 5.47. The number of hydrogen-bond donors (Lipinski definition) is 1. The highest BCUT2D eigenvalue weighted by atomic mass is 32.2. The van der Waals surface area contributed by atoms with E-state index in [9.17, 15) is 13.2 Å². The largest absolute Gasteiger partial charge is 0.341 e. The van der Waals surface area contributed by atoms with Crippen LogP contribution in [0.4, 0.5) is 0 Å². The van der Waals surface area contributed by atoms with Crippen molar-refractivity contribution in [3.05, 3.63) is 52.2 Å². The summed E-state index contributed by atoms with van der Waals surface area (Å²) in [6.45, 7) is 1.03. The molecule has 2 aromatic rings. The molecule has 4 aliphatic carbocycles. The van der Waals surface area contributed by atoms with E-state index in [2.05, 4.69) is 4.72 Å². The van der Waals surface area contributed by atoms with Crippen molar-refractivity contribution in [2.24, 2.45) is 23.2 Å². The van der Waals surface area contributed by atoms with E-state index in [4.69, 9.17) is 0 Å². The maximum atomic E-state index is 13.2. The summed E-state index contributed by atoms with van der Waals surface area (Å²) in [5.74, 6) is 2.44. The normalized spacial score (nSPS) is 29.3. The molecule has 1 aromatic heterocycles. The third-order valence-corrected chi connectivity index (χ3v) is 9.77. The Morgan fingerprint density at radius 2 is 1.77 bits per heavy atom. The van der Waals surface area contributed by atoms with Crippen LogP contribution in [0.15, 0.2) is 46.7 Å². The molecule has 4 bridgehead atoms.